The fourth-order valence-electron chi connectivity index (χ4n) is 3.63. The molecule has 0 bridgehead atoms. The van der Waals surface area contributed by atoms with E-state index in [-0.39, 0.29) is 11.8 Å². The second-order valence-electron chi connectivity index (χ2n) is 7.32. The Hall–Kier alpha value is -2.82. The maximum Gasteiger partial charge on any atom is 0.253 e. The number of fused-ring (bicyclic) bond motifs is 1. The van der Waals surface area contributed by atoms with E-state index < -0.39 is 0 Å². The van der Waals surface area contributed by atoms with Crippen molar-refractivity contribution < 1.29 is 13.9 Å². The molecule has 0 aliphatic carbocycles. The summed E-state index contributed by atoms with van der Waals surface area (Å²) in [6, 6.07) is 15.4. The molecule has 28 heavy (non-hydrogen) atoms. The number of aromatic nitrogens is 1. The first-order valence-electron chi connectivity index (χ1n) is 10.1. The normalized spacial score (nSPS) is 15.1. The number of hydrogen-bond donors (Lipinski definition) is 0. The Kier molecular flexibility index (Phi) is 5.60. The average molecular weight is 378 g/mol. The summed E-state index contributed by atoms with van der Waals surface area (Å²) < 4.78 is 11.7. The minimum atomic E-state index is 0.0666. The Labute approximate surface area is 165 Å². The second-order valence-corrected chi connectivity index (χ2v) is 7.32. The van der Waals surface area contributed by atoms with Crippen molar-refractivity contribution in [2.45, 2.75) is 38.5 Å². The summed E-state index contributed by atoms with van der Waals surface area (Å²) in [7, 11) is 0. The number of piperidine rings is 1. The topological polar surface area (TPSA) is 55.6 Å². The van der Waals surface area contributed by atoms with E-state index in [1.807, 2.05) is 53.4 Å². The quantitative estimate of drug-likeness (QED) is 0.565. The van der Waals surface area contributed by atoms with Crippen molar-refractivity contribution in [1.29, 1.82) is 0 Å². The largest absolute Gasteiger partial charge is 0.494 e. The van der Waals surface area contributed by atoms with Gasteiger partial charge in [0.15, 0.2) is 11.5 Å². The lowest BCUT2D eigenvalue weighted by Crippen LogP contribution is -2.38. The summed E-state index contributed by atoms with van der Waals surface area (Å²) in [5, 5.41) is 0. The molecule has 4 rings (SSSR count). The van der Waals surface area contributed by atoms with Crippen LogP contribution in [-0.4, -0.2) is 35.5 Å². The molecular formula is C23H26N2O3. The van der Waals surface area contributed by atoms with Crippen molar-refractivity contribution >= 4 is 17.0 Å². The van der Waals surface area contributed by atoms with Gasteiger partial charge in [0.05, 0.1) is 6.61 Å². The Morgan fingerprint density at radius 3 is 2.79 bits per heavy atom. The van der Waals surface area contributed by atoms with E-state index in [4.69, 9.17) is 9.15 Å². The van der Waals surface area contributed by atoms with Crippen LogP contribution in [0.3, 0.4) is 0 Å². The number of likely N-dealkylation sites (tertiary alicyclic amines) is 1. The van der Waals surface area contributed by atoms with Crippen LogP contribution in [-0.2, 0) is 0 Å². The van der Waals surface area contributed by atoms with Gasteiger partial charge in [0.1, 0.15) is 11.3 Å². The Morgan fingerprint density at radius 2 is 2.00 bits per heavy atom. The summed E-state index contributed by atoms with van der Waals surface area (Å²) in [5.41, 5.74) is 2.42. The SMILES string of the molecule is CCCCOc1cccc(C(=O)N2CCC(c3nc4ccccc4o3)CC2)c1. The molecule has 1 aliphatic rings. The molecule has 0 radical (unpaired) electrons. The summed E-state index contributed by atoms with van der Waals surface area (Å²) >= 11 is 0. The molecular weight excluding hydrogens is 352 g/mol. The highest BCUT2D eigenvalue weighted by atomic mass is 16.5. The summed E-state index contributed by atoms with van der Waals surface area (Å²) in [5.74, 6) is 1.89. The highest BCUT2D eigenvalue weighted by Crippen LogP contribution is 2.30. The number of amides is 1. The van der Waals surface area contributed by atoms with Crippen molar-refractivity contribution in [3.05, 3.63) is 60.0 Å². The molecule has 0 N–H and O–H groups in total. The van der Waals surface area contributed by atoms with Gasteiger partial charge in [-0.15, -0.1) is 0 Å². The van der Waals surface area contributed by atoms with Gasteiger partial charge in [-0.1, -0.05) is 31.5 Å². The van der Waals surface area contributed by atoms with E-state index in [2.05, 4.69) is 11.9 Å². The molecule has 0 spiro atoms. The Balaban J connectivity index is 1.38. The molecule has 5 nitrogen and oxygen atoms in total. The molecule has 1 amide bonds. The number of carbonyl (C=O) groups excluding carboxylic acids is 1. The van der Waals surface area contributed by atoms with E-state index >= 15 is 0 Å². The summed E-state index contributed by atoms with van der Waals surface area (Å²) in [4.78, 5) is 19.4. The fraction of sp³-hybridized carbons (Fsp3) is 0.391. The first-order valence-corrected chi connectivity index (χ1v) is 10.1. The number of ether oxygens (including phenoxy) is 1. The van der Waals surface area contributed by atoms with Crippen LogP contribution in [0.5, 0.6) is 5.75 Å². The number of para-hydroxylation sites is 2. The van der Waals surface area contributed by atoms with Crippen molar-refractivity contribution in [3.63, 3.8) is 0 Å². The highest BCUT2D eigenvalue weighted by Gasteiger charge is 2.27. The second kappa shape index (κ2) is 8.46. The number of benzene rings is 2. The van der Waals surface area contributed by atoms with Crippen molar-refractivity contribution in [2.24, 2.45) is 0 Å². The maximum atomic E-state index is 12.9. The third kappa shape index (κ3) is 4.03. The molecule has 1 saturated heterocycles. The summed E-state index contributed by atoms with van der Waals surface area (Å²) in [6.45, 7) is 4.24. The smallest absolute Gasteiger partial charge is 0.253 e. The molecule has 2 heterocycles. The number of oxazole rings is 1. The van der Waals surface area contributed by atoms with Crippen LogP contribution in [0, 0.1) is 0 Å². The fourth-order valence-corrected chi connectivity index (χ4v) is 3.63. The molecule has 1 fully saturated rings. The van der Waals surface area contributed by atoms with Gasteiger partial charge in [0.2, 0.25) is 0 Å². The van der Waals surface area contributed by atoms with Gasteiger partial charge in [-0.3, -0.25) is 4.79 Å². The van der Waals surface area contributed by atoms with Gasteiger partial charge in [-0.25, -0.2) is 4.98 Å². The molecule has 0 unspecified atom stereocenters. The van der Waals surface area contributed by atoms with Crippen LogP contribution in [0.2, 0.25) is 0 Å². The maximum absolute atomic E-state index is 12.9. The minimum absolute atomic E-state index is 0.0666. The lowest BCUT2D eigenvalue weighted by molar-refractivity contribution is 0.0706. The number of carbonyl (C=O) groups is 1. The number of unbranched alkanes of at least 4 members (excludes halogenated alkanes) is 1. The van der Waals surface area contributed by atoms with Crippen LogP contribution in [0.15, 0.2) is 52.9 Å². The van der Waals surface area contributed by atoms with E-state index in [1.165, 1.54) is 0 Å². The zero-order valence-electron chi connectivity index (χ0n) is 16.3. The third-order valence-corrected chi connectivity index (χ3v) is 5.29. The minimum Gasteiger partial charge on any atom is -0.494 e. The van der Waals surface area contributed by atoms with Gasteiger partial charge >= 0.3 is 0 Å². The Morgan fingerprint density at radius 1 is 1.18 bits per heavy atom. The van der Waals surface area contributed by atoms with Crippen molar-refractivity contribution in [3.8, 4) is 5.75 Å². The predicted octanol–water partition coefficient (Wildman–Crippen LogP) is 5.03. The zero-order valence-corrected chi connectivity index (χ0v) is 16.3. The monoisotopic (exact) mass is 378 g/mol. The van der Waals surface area contributed by atoms with E-state index in [0.717, 1.165) is 48.4 Å². The number of rotatable bonds is 6. The van der Waals surface area contributed by atoms with Gasteiger partial charge < -0.3 is 14.1 Å². The highest BCUT2D eigenvalue weighted by molar-refractivity contribution is 5.94. The number of nitrogens with zero attached hydrogens (tertiary/aromatic N) is 2. The van der Waals surface area contributed by atoms with Crippen LogP contribution in [0.1, 0.15) is 54.8 Å². The summed E-state index contributed by atoms with van der Waals surface area (Å²) in [6.07, 6.45) is 3.84. The molecule has 3 aromatic rings. The first-order chi connectivity index (χ1) is 13.7. The lowest BCUT2D eigenvalue weighted by atomic mass is 9.96. The van der Waals surface area contributed by atoms with E-state index in [1.54, 1.807) is 0 Å². The van der Waals surface area contributed by atoms with E-state index in [0.29, 0.717) is 25.3 Å². The van der Waals surface area contributed by atoms with Crippen LogP contribution in [0.25, 0.3) is 11.1 Å². The van der Waals surface area contributed by atoms with Gasteiger partial charge in [0, 0.05) is 24.6 Å². The zero-order chi connectivity index (χ0) is 19.3. The molecule has 5 heteroatoms. The van der Waals surface area contributed by atoms with Crippen molar-refractivity contribution in [1.82, 2.24) is 9.88 Å². The van der Waals surface area contributed by atoms with Gasteiger partial charge in [-0.05, 0) is 49.6 Å². The van der Waals surface area contributed by atoms with Crippen LogP contribution in [0.4, 0.5) is 0 Å². The molecule has 0 saturated carbocycles. The Bertz CT molecular complexity index is 909. The molecule has 0 atom stereocenters. The molecule has 1 aromatic heterocycles. The first kappa shape index (κ1) is 18.5. The number of hydrogen-bond acceptors (Lipinski definition) is 4. The van der Waals surface area contributed by atoms with Gasteiger partial charge in [-0.2, -0.15) is 0 Å². The van der Waals surface area contributed by atoms with Crippen LogP contribution >= 0.6 is 0 Å². The molecule has 2 aromatic carbocycles. The standard InChI is InChI=1S/C23H26N2O3/c1-2-3-15-27-19-8-6-7-18(16-19)23(26)25-13-11-17(12-14-25)22-24-20-9-4-5-10-21(20)28-22/h4-10,16-17H,2-3,11-15H2,1H3. The third-order valence-electron chi connectivity index (χ3n) is 5.29. The molecule has 146 valence electrons. The average Bonchev–Trinajstić information content (AvgIpc) is 3.18. The van der Waals surface area contributed by atoms with Crippen LogP contribution < -0.4 is 4.74 Å². The van der Waals surface area contributed by atoms with E-state index in [9.17, 15) is 4.79 Å². The lowest BCUT2D eigenvalue weighted by Gasteiger charge is -2.30. The van der Waals surface area contributed by atoms with Crippen molar-refractivity contribution in [2.75, 3.05) is 19.7 Å². The molecule has 1 aliphatic heterocycles. The predicted molar refractivity (Wildman–Crippen MR) is 109 cm³/mol. The van der Waals surface area contributed by atoms with Gasteiger partial charge in [0.25, 0.3) is 5.91 Å².